The molecule has 0 aromatic heterocycles. The van der Waals surface area contributed by atoms with Gasteiger partial charge in [0.05, 0.1) is 23.6 Å². The van der Waals surface area contributed by atoms with Gasteiger partial charge in [-0.05, 0) is 53.2 Å². The van der Waals surface area contributed by atoms with Crippen LogP contribution in [0.4, 0.5) is 4.79 Å². The van der Waals surface area contributed by atoms with Crippen LogP contribution in [0.2, 0.25) is 5.02 Å². The Morgan fingerprint density at radius 2 is 2.08 bits per heavy atom. The first-order valence-electron chi connectivity index (χ1n) is 7.45. The number of methoxy groups -OCH3 is 1. The zero-order chi connectivity index (χ0) is 18.8. The molecule has 2 amide bonds. The SMILES string of the molecule is COc1cc(/C=C2\SC(=O)N(Cc3cccc(Br)c3)C2=O)cc(Cl)c1O. The van der Waals surface area contributed by atoms with E-state index in [1.165, 1.54) is 18.1 Å². The lowest BCUT2D eigenvalue weighted by Gasteiger charge is -2.12. The zero-order valence-corrected chi connectivity index (χ0v) is 16.7. The smallest absolute Gasteiger partial charge is 0.293 e. The van der Waals surface area contributed by atoms with E-state index in [0.29, 0.717) is 5.56 Å². The molecule has 2 aromatic carbocycles. The average Bonchev–Trinajstić information content (AvgIpc) is 2.85. The molecule has 26 heavy (non-hydrogen) atoms. The van der Waals surface area contributed by atoms with Crippen LogP contribution in [0.5, 0.6) is 11.5 Å². The molecule has 0 bridgehead atoms. The van der Waals surface area contributed by atoms with Crippen molar-refractivity contribution in [2.75, 3.05) is 7.11 Å². The minimum atomic E-state index is -0.372. The highest BCUT2D eigenvalue weighted by molar-refractivity contribution is 9.10. The van der Waals surface area contributed by atoms with Gasteiger partial charge in [0.2, 0.25) is 0 Å². The molecule has 3 rings (SSSR count). The molecule has 1 aliphatic heterocycles. The quantitative estimate of drug-likeness (QED) is 0.655. The number of carbonyl (C=O) groups is 2. The second-order valence-electron chi connectivity index (χ2n) is 5.45. The Balaban J connectivity index is 1.87. The number of hydrogen-bond donors (Lipinski definition) is 1. The number of halogens is 2. The summed E-state index contributed by atoms with van der Waals surface area (Å²) in [7, 11) is 1.40. The summed E-state index contributed by atoms with van der Waals surface area (Å²) in [6.45, 7) is 0.196. The van der Waals surface area contributed by atoms with Crippen LogP contribution in [0, 0.1) is 0 Å². The van der Waals surface area contributed by atoms with Gasteiger partial charge in [-0.15, -0.1) is 0 Å². The number of thioether (sulfide) groups is 1. The fraction of sp³-hybridized carbons (Fsp3) is 0.111. The Labute approximate surface area is 167 Å². The normalized spacial score (nSPS) is 15.8. The van der Waals surface area contributed by atoms with Gasteiger partial charge < -0.3 is 9.84 Å². The van der Waals surface area contributed by atoms with Gasteiger partial charge in [-0.3, -0.25) is 14.5 Å². The molecule has 0 aliphatic carbocycles. The fourth-order valence-electron chi connectivity index (χ4n) is 2.44. The van der Waals surface area contributed by atoms with Crippen LogP contribution in [-0.4, -0.2) is 28.3 Å². The summed E-state index contributed by atoms with van der Waals surface area (Å²) < 4.78 is 5.93. The molecule has 134 valence electrons. The van der Waals surface area contributed by atoms with Gasteiger partial charge in [0.15, 0.2) is 11.5 Å². The zero-order valence-electron chi connectivity index (χ0n) is 13.5. The van der Waals surface area contributed by atoms with E-state index in [2.05, 4.69) is 15.9 Å². The molecule has 0 atom stereocenters. The molecule has 1 fully saturated rings. The number of benzene rings is 2. The fourth-order valence-corrected chi connectivity index (χ4v) is 3.94. The largest absolute Gasteiger partial charge is 0.503 e. The Hall–Kier alpha value is -1.96. The van der Waals surface area contributed by atoms with Crippen molar-refractivity contribution in [3.05, 3.63) is 61.9 Å². The standard InChI is InChI=1S/C18H13BrClNO4S/c1-25-14-7-11(6-13(20)16(14)22)8-15-17(23)21(18(24)26-15)9-10-3-2-4-12(19)5-10/h2-8,22H,9H2,1H3/b15-8-. The van der Waals surface area contributed by atoms with Crippen LogP contribution in [0.3, 0.4) is 0 Å². The van der Waals surface area contributed by atoms with E-state index in [9.17, 15) is 14.7 Å². The first-order valence-corrected chi connectivity index (χ1v) is 9.44. The van der Waals surface area contributed by atoms with Gasteiger partial charge in [0.1, 0.15) is 0 Å². The van der Waals surface area contributed by atoms with Crippen LogP contribution < -0.4 is 4.74 Å². The molecule has 1 aliphatic rings. The summed E-state index contributed by atoms with van der Waals surface area (Å²) >= 11 is 10.2. The van der Waals surface area contributed by atoms with Crippen LogP contribution >= 0.6 is 39.3 Å². The Kier molecular flexibility index (Phi) is 5.60. The van der Waals surface area contributed by atoms with E-state index >= 15 is 0 Å². The van der Waals surface area contributed by atoms with Crippen LogP contribution in [-0.2, 0) is 11.3 Å². The molecular formula is C18H13BrClNO4S. The van der Waals surface area contributed by atoms with Crippen LogP contribution in [0.25, 0.3) is 6.08 Å². The molecule has 5 nitrogen and oxygen atoms in total. The summed E-state index contributed by atoms with van der Waals surface area (Å²) in [4.78, 5) is 26.3. The Bertz CT molecular complexity index is 931. The molecule has 1 N–H and O–H groups in total. The van der Waals surface area contributed by atoms with Crippen molar-refractivity contribution in [2.24, 2.45) is 0 Å². The highest BCUT2D eigenvalue weighted by atomic mass is 79.9. The van der Waals surface area contributed by atoms with Crippen molar-refractivity contribution in [1.29, 1.82) is 0 Å². The Morgan fingerprint density at radius 1 is 1.31 bits per heavy atom. The topological polar surface area (TPSA) is 66.8 Å². The number of ether oxygens (including phenoxy) is 1. The molecular weight excluding hydrogens is 442 g/mol. The number of aromatic hydroxyl groups is 1. The van der Waals surface area contributed by atoms with Gasteiger partial charge in [0.25, 0.3) is 11.1 Å². The van der Waals surface area contributed by atoms with Gasteiger partial charge in [-0.2, -0.15) is 0 Å². The minimum Gasteiger partial charge on any atom is -0.503 e. The maximum absolute atomic E-state index is 12.6. The molecule has 0 unspecified atom stereocenters. The number of imide groups is 1. The van der Waals surface area contributed by atoms with E-state index in [1.54, 1.807) is 12.1 Å². The van der Waals surface area contributed by atoms with E-state index in [0.717, 1.165) is 21.8 Å². The third kappa shape index (κ3) is 3.90. The molecule has 0 saturated carbocycles. The number of hydrogen-bond acceptors (Lipinski definition) is 5. The lowest BCUT2D eigenvalue weighted by molar-refractivity contribution is -0.123. The molecule has 2 aromatic rings. The van der Waals surface area contributed by atoms with Gasteiger partial charge in [-0.25, -0.2) is 0 Å². The second kappa shape index (κ2) is 7.73. The molecule has 1 saturated heterocycles. The van der Waals surface area contributed by atoms with Crippen molar-refractivity contribution < 1.29 is 19.4 Å². The van der Waals surface area contributed by atoms with Crippen molar-refractivity contribution in [1.82, 2.24) is 4.90 Å². The first-order chi connectivity index (χ1) is 12.4. The number of phenolic OH excluding ortho intramolecular Hbond substituents is 1. The van der Waals surface area contributed by atoms with Crippen LogP contribution in [0.1, 0.15) is 11.1 Å². The summed E-state index contributed by atoms with van der Waals surface area (Å²) in [6, 6.07) is 10.5. The van der Waals surface area contributed by atoms with Crippen molar-refractivity contribution in [2.45, 2.75) is 6.54 Å². The third-order valence-corrected chi connectivity index (χ3v) is 5.36. The number of amides is 2. The predicted octanol–water partition coefficient (Wildman–Crippen LogP) is 5.05. The maximum Gasteiger partial charge on any atom is 0.293 e. The third-order valence-electron chi connectivity index (χ3n) is 3.67. The summed E-state index contributed by atoms with van der Waals surface area (Å²) in [6.07, 6.45) is 1.56. The first kappa shape index (κ1) is 18.8. The highest BCUT2D eigenvalue weighted by Gasteiger charge is 2.35. The van der Waals surface area contributed by atoms with Crippen molar-refractivity contribution >= 4 is 56.5 Å². The monoisotopic (exact) mass is 453 g/mol. The second-order valence-corrected chi connectivity index (χ2v) is 7.77. The molecule has 1 heterocycles. The van der Waals surface area contributed by atoms with E-state index in [4.69, 9.17) is 16.3 Å². The van der Waals surface area contributed by atoms with E-state index < -0.39 is 0 Å². The summed E-state index contributed by atoms with van der Waals surface area (Å²) in [5.74, 6) is -0.352. The summed E-state index contributed by atoms with van der Waals surface area (Å²) in [5.41, 5.74) is 1.40. The van der Waals surface area contributed by atoms with E-state index in [1.807, 2.05) is 24.3 Å². The van der Waals surface area contributed by atoms with E-state index in [-0.39, 0.29) is 39.1 Å². The average molecular weight is 455 g/mol. The van der Waals surface area contributed by atoms with Gasteiger partial charge >= 0.3 is 0 Å². The Morgan fingerprint density at radius 3 is 2.77 bits per heavy atom. The number of nitrogens with zero attached hydrogens (tertiary/aromatic N) is 1. The van der Waals surface area contributed by atoms with Crippen LogP contribution in [0.15, 0.2) is 45.8 Å². The number of carbonyl (C=O) groups excluding carboxylic acids is 2. The van der Waals surface area contributed by atoms with Crippen molar-refractivity contribution in [3.63, 3.8) is 0 Å². The molecule has 8 heteroatoms. The number of phenols is 1. The van der Waals surface area contributed by atoms with Crippen molar-refractivity contribution in [3.8, 4) is 11.5 Å². The lowest BCUT2D eigenvalue weighted by atomic mass is 10.1. The predicted molar refractivity (Wildman–Crippen MR) is 105 cm³/mol. The van der Waals surface area contributed by atoms with Gasteiger partial charge in [-0.1, -0.05) is 39.7 Å². The minimum absolute atomic E-state index is 0.101. The maximum atomic E-state index is 12.6. The lowest BCUT2D eigenvalue weighted by Crippen LogP contribution is -2.27. The molecule has 0 spiro atoms. The molecule has 0 radical (unpaired) electrons. The summed E-state index contributed by atoms with van der Waals surface area (Å²) in [5, 5.41) is 9.56. The number of rotatable bonds is 4. The highest BCUT2D eigenvalue weighted by Crippen LogP contribution is 2.38. The van der Waals surface area contributed by atoms with Gasteiger partial charge in [0, 0.05) is 4.47 Å².